The average Bonchev–Trinajstić information content (AvgIpc) is 2.59. The lowest BCUT2D eigenvalue weighted by Crippen LogP contribution is -2.28. The predicted octanol–water partition coefficient (Wildman–Crippen LogP) is 2.34. The highest BCUT2D eigenvalue weighted by Gasteiger charge is 2.25. The van der Waals surface area contributed by atoms with E-state index in [0.29, 0.717) is 12.3 Å². The van der Waals surface area contributed by atoms with Crippen molar-refractivity contribution in [1.29, 1.82) is 0 Å². The van der Waals surface area contributed by atoms with E-state index in [1.54, 1.807) is 6.07 Å². The van der Waals surface area contributed by atoms with Crippen molar-refractivity contribution in [3.8, 4) is 5.75 Å². The summed E-state index contributed by atoms with van der Waals surface area (Å²) in [6, 6.07) is 4.85. The van der Waals surface area contributed by atoms with Crippen molar-refractivity contribution in [2.75, 3.05) is 20.2 Å². The number of nitro benzene ring substituents is 1. The van der Waals surface area contributed by atoms with Crippen molar-refractivity contribution in [1.82, 2.24) is 4.90 Å². The summed E-state index contributed by atoms with van der Waals surface area (Å²) in [6.07, 6.45) is 2.44. The number of hydrogen-bond acceptors (Lipinski definition) is 5. The van der Waals surface area contributed by atoms with Crippen molar-refractivity contribution in [2.24, 2.45) is 0 Å². The van der Waals surface area contributed by atoms with Gasteiger partial charge in [0.15, 0.2) is 0 Å². The number of non-ortho nitro benzene ring substituents is 1. The fourth-order valence-corrected chi connectivity index (χ4v) is 2.69. The Hall–Kier alpha value is -1.66. The first-order chi connectivity index (χ1) is 9.89. The largest absolute Gasteiger partial charge is 0.496 e. The van der Waals surface area contributed by atoms with Crippen LogP contribution in [0.15, 0.2) is 18.2 Å². The summed E-state index contributed by atoms with van der Waals surface area (Å²) in [4.78, 5) is 12.8. The smallest absolute Gasteiger partial charge is 0.273 e. The van der Waals surface area contributed by atoms with Crippen LogP contribution in [0.25, 0.3) is 0 Å². The minimum absolute atomic E-state index is 0.0474. The zero-order valence-electron chi connectivity index (χ0n) is 12.5. The van der Waals surface area contributed by atoms with Gasteiger partial charge in [-0.05, 0) is 44.4 Å². The van der Waals surface area contributed by atoms with E-state index in [4.69, 9.17) is 4.74 Å². The second kappa shape index (κ2) is 6.41. The second-order valence-electron chi connectivity index (χ2n) is 5.92. The monoisotopic (exact) mass is 294 g/mol. The summed E-state index contributed by atoms with van der Waals surface area (Å²) < 4.78 is 5.13. The average molecular weight is 294 g/mol. The fourth-order valence-electron chi connectivity index (χ4n) is 2.69. The normalized spacial score (nSPS) is 23.6. The van der Waals surface area contributed by atoms with Crippen LogP contribution < -0.4 is 4.74 Å². The number of nitro groups is 1. The van der Waals surface area contributed by atoms with Crippen LogP contribution in [0.4, 0.5) is 5.69 Å². The van der Waals surface area contributed by atoms with Crippen molar-refractivity contribution in [3.63, 3.8) is 0 Å². The Labute approximate surface area is 124 Å². The number of likely N-dealkylation sites (tertiary alicyclic amines) is 1. The number of methoxy groups -OCH3 is 1. The summed E-state index contributed by atoms with van der Waals surface area (Å²) in [5.74, 6) is 0.501. The molecule has 0 aromatic heterocycles. The van der Waals surface area contributed by atoms with Crippen LogP contribution in [0, 0.1) is 10.1 Å². The number of hydrogen-bond donors (Lipinski definition) is 1. The van der Waals surface area contributed by atoms with E-state index >= 15 is 0 Å². The summed E-state index contributed by atoms with van der Waals surface area (Å²) in [5.41, 5.74) is 0.309. The van der Waals surface area contributed by atoms with E-state index in [-0.39, 0.29) is 5.69 Å². The minimum Gasteiger partial charge on any atom is -0.496 e. The first kappa shape index (κ1) is 15.7. The van der Waals surface area contributed by atoms with Crippen LogP contribution in [0.1, 0.15) is 31.7 Å². The molecule has 1 saturated heterocycles. The quantitative estimate of drug-likeness (QED) is 0.681. The van der Waals surface area contributed by atoms with Crippen LogP contribution in [-0.4, -0.2) is 40.7 Å². The molecule has 6 heteroatoms. The molecular formula is C15H22N2O4. The van der Waals surface area contributed by atoms with Gasteiger partial charge in [0.1, 0.15) is 5.75 Å². The molecule has 1 aliphatic rings. The van der Waals surface area contributed by atoms with Crippen LogP contribution in [0.3, 0.4) is 0 Å². The number of rotatable bonds is 4. The van der Waals surface area contributed by atoms with Gasteiger partial charge in [-0.2, -0.15) is 0 Å². The van der Waals surface area contributed by atoms with Gasteiger partial charge in [0.2, 0.25) is 0 Å². The van der Waals surface area contributed by atoms with Gasteiger partial charge in [-0.1, -0.05) is 0 Å². The first-order valence-corrected chi connectivity index (χ1v) is 7.17. The highest BCUT2D eigenvalue weighted by Crippen LogP contribution is 2.26. The lowest BCUT2D eigenvalue weighted by atomic mass is 9.98. The lowest BCUT2D eigenvalue weighted by molar-refractivity contribution is -0.385. The van der Waals surface area contributed by atoms with Gasteiger partial charge in [-0.25, -0.2) is 0 Å². The molecule has 0 amide bonds. The predicted molar refractivity (Wildman–Crippen MR) is 79.4 cm³/mol. The summed E-state index contributed by atoms with van der Waals surface area (Å²) in [6.45, 7) is 4.18. The maximum atomic E-state index is 11.0. The van der Waals surface area contributed by atoms with E-state index in [9.17, 15) is 15.2 Å². The maximum Gasteiger partial charge on any atom is 0.273 e. The Morgan fingerprint density at radius 1 is 1.38 bits per heavy atom. The number of aliphatic hydroxyl groups is 1. The van der Waals surface area contributed by atoms with E-state index < -0.39 is 10.5 Å². The Bertz CT molecular complexity index is 516. The zero-order chi connectivity index (χ0) is 15.5. The zero-order valence-corrected chi connectivity index (χ0v) is 12.5. The molecule has 0 aliphatic carbocycles. The topological polar surface area (TPSA) is 75.8 Å². The molecule has 1 unspecified atom stereocenters. The molecule has 21 heavy (non-hydrogen) atoms. The Morgan fingerprint density at radius 2 is 2.14 bits per heavy atom. The molecule has 0 radical (unpaired) electrons. The third-order valence-corrected chi connectivity index (χ3v) is 3.96. The Morgan fingerprint density at radius 3 is 2.81 bits per heavy atom. The minimum atomic E-state index is -0.602. The van der Waals surface area contributed by atoms with Crippen molar-refractivity contribution < 1.29 is 14.8 Å². The molecule has 116 valence electrons. The molecule has 1 aromatic rings. The van der Waals surface area contributed by atoms with E-state index in [2.05, 4.69) is 4.90 Å². The summed E-state index contributed by atoms with van der Waals surface area (Å²) in [5, 5.41) is 21.1. The van der Waals surface area contributed by atoms with Crippen molar-refractivity contribution >= 4 is 5.69 Å². The Kier molecular flexibility index (Phi) is 4.80. The summed E-state index contributed by atoms with van der Waals surface area (Å²) in [7, 11) is 1.51. The molecule has 1 atom stereocenters. The SMILES string of the molecule is COc1cc(CN2CCCC(C)(O)CC2)cc([N+](=O)[O-])c1. The number of ether oxygens (including phenoxy) is 1. The van der Waals surface area contributed by atoms with Gasteiger partial charge in [0, 0.05) is 19.2 Å². The molecule has 1 aromatic carbocycles. The van der Waals surface area contributed by atoms with Gasteiger partial charge in [-0.3, -0.25) is 15.0 Å². The number of benzene rings is 1. The van der Waals surface area contributed by atoms with Crippen LogP contribution in [-0.2, 0) is 6.54 Å². The molecule has 6 nitrogen and oxygen atoms in total. The highest BCUT2D eigenvalue weighted by molar-refractivity contribution is 5.42. The molecule has 1 aliphatic heterocycles. The number of nitrogens with zero attached hydrogens (tertiary/aromatic N) is 2. The van der Waals surface area contributed by atoms with Gasteiger partial charge in [0.05, 0.1) is 23.7 Å². The van der Waals surface area contributed by atoms with E-state index in [1.165, 1.54) is 13.2 Å². The molecule has 0 bridgehead atoms. The Balaban J connectivity index is 2.11. The molecule has 2 rings (SSSR count). The lowest BCUT2D eigenvalue weighted by Gasteiger charge is -2.22. The first-order valence-electron chi connectivity index (χ1n) is 7.17. The molecular weight excluding hydrogens is 272 g/mol. The third kappa shape index (κ3) is 4.41. The standard InChI is InChI=1S/C15H22N2O4/c1-15(18)4-3-6-16(7-5-15)11-12-8-13(17(19)20)10-14(9-12)21-2/h8-10,18H,3-7,11H2,1-2H3. The molecule has 1 fully saturated rings. The van der Waals surface area contributed by atoms with E-state index in [1.807, 2.05) is 13.0 Å². The highest BCUT2D eigenvalue weighted by atomic mass is 16.6. The van der Waals surface area contributed by atoms with Crippen LogP contribution in [0.5, 0.6) is 5.75 Å². The van der Waals surface area contributed by atoms with Gasteiger partial charge < -0.3 is 9.84 Å². The van der Waals surface area contributed by atoms with Gasteiger partial charge in [0.25, 0.3) is 5.69 Å². The van der Waals surface area contributed by atoms with Crippen molar-refractivity contribution in [3.05, 3.63) is 33.9 Å². The fraction of sp³-hybridized carbons (Fsp3) is 0.600. The van der Waals surface area contributed by atoms with Crippen LogP contribution in [0.2, 0.25) is 0 Å². The molecule has 0 saturated carbocycles. The maximum absolute atomic E-state index is 11.0. The van der Waals surface area contributed by atoms with E-state index in [0.717, 1.165) is 37.9 Å². The molecule has 1 N–H and O–H groups in total. The second-order valence-corrected chi connectivity index (χ2v) is 5.92. The molecule has 1 heterocycles. The molecule has 0 spiro atoms. The van der Waals surface area contributed by atoms with Crippen LogP contribution >= 0.6 is 0 Å². The third-order valence-electron chi connectivity index (χ3n) is 3.96. The summed E-state index contributed by atoms with van der Waals surface area (Å²) >= 11 is 0. The van der Waals surface area contributed by atoms with Gasteiger partial charge >= 0.3 is 0 Å². The van der Waals surface area contributed by atoms with Crippen molar-refractivity contribution in [2.45, 2.75) is 38.3 Å². The van der Waals surface area contributed by atoms with Gasteiger partial charge in [-0.15, -0.1) is 0 Å².